The molecule has 0 saturated carbocycles. The standard InChI is InChI=1S/C19H37NO6/c1-3-5-7-9-11-13-17(23)25-19(20,16(22)15-21)26-18(24)14-12-10-8-6-4-2/h16,21-22H,3-15,20H2,1-2H3. The van der Waals surface area contributed by atoms with Crippen LogP contribution in [0.3, 0.4) is 0 Å². The van der Waals surface area contributed by atoms with E-state index in [0.29, 0.717) is 12.8 Å². The molecular formula is C19H37NO6. The summed E-state index contributed by atoms with van der Waals surface area (Å²) in [5.74, 6) is -3.67. The van der Waals surface area contributed by atoms with E-state index in [1.807, 2.05) is 0 Å². The number of nitrogens with two attached hydrogens (primary N) is 1. The van der Waals surface area contributed by atoms with Crippen molar-refractivity contribution in [3.8, 4) is 0 Å². The highest BCUT2D eigenvalue weighted by Gasteiger charge is 2.42. The van der Waals surface area contributed by atoms with Crippen LogP contribution in [0.5, 0.6) is 0 Å². The molecule has 0 radical (unpaired) electrons. The number of carbonyl (C=O) groups is 2. The fourth-order valence-electron chi connectivity index (χ4n) is 2.49. The Morgan fingerprint density at radius 1 is 0.846 bits per heavy atom. The number of aliphatic hydroxyl groups excluding tert-OH is 2. The van der Waals surface area contributed by atoms with Crippen LogP contribution in [-0.2, 0) is 19.1 Å². The summed E-state index contributed by atoms with van der Waals surface area (Å²) in [4.78, 5) is 23.9. The molecule has 0 heterocycles. The molecule has 26 heavy (non-hydrogen) atoms. The van der Waals surface area contributed by atoms with Crippen molar-refractivity contribution in [1.29, 1.82) is 0 Å². The molecule has 0 aliphatic carbocycles. The summed E-state index contributed by atoms with van der Waals surface area (Å²) < 4.78 is 10.00. The monoisotopic (exact) mass is 375 g/mol. The molecule has 0 aromatic carbocycles. The first kappa shape index (κ1) is 24.8. The lowest BCUT2D eigenvalue weighted by Gasteiger charge is -2.31. The van der Waals surface area contributed by atoms with Crippen molar-refractivity contribution in [2.24, 2.45) is 5.73 Å². The molecule has 0 amide bonds. The zero-order chi connectivity index (χ0) is 19.8. The minimum absolute atomic E-state index is 0.120. The van der Waals surface area contributed by atoms with Gasteiger partial charge in [-0.25, -0.2) is 0 Å². The molecular weight excluding hydrogens is 338 g/mol. The SMILES string of the molecule is CCCCCCCC(=O)OC(N)(OC(=O)CCCCCCC)C(O)CO. The van der Waals surface area contributed by atoms with Crippen molar-refractivity contribution in [2.45, 2.75) is 103 Å². The van der Waals surface area contributed by atoms with Crippen molar-refractivity contribution in [2.75, 3.05) is 6.61 Å². The molecule has 0 spiro atoms. The highest BCUT2D eigenvalue weighted by atomic mass is 16.8. The number of unbranched alkanes of at least 4 members (excludes halogenated alkanes) is 8. The van der Waals surface area contributed by atoms with Crippen LogP contribution in [0.15, 0.2) is 0 Å². The third kappa shape index (κ3) is 11.4. The van der Waals surface area contributed by atoms with E-state index >= 15 is 0 Å². The molecule has 7 nitrogen and oxygen atoms in total. The molecule has 0 aliphatic heterocycles. The van der Waals surface area contributed by atoms with Crippen LogP contribution in [-0.4, -0.2) is 40.8 Å². The number of rotatable bonds is 16. The van der Waals surface area contributed by atoms with Gasteiger partial charge >= 0.3 is 17.8 Å². The zero-order valence-electron chi connectivity index (χ0n) is 16.4. The second kappa shape index (κ2) is 14.9. The lowest BCUT2D eigenvalue weighted by atomic mass is 10.1. The van der Waals surface area contributed by atoms with E-state index in [1.54, 1.807) is 0 Å². The summed E-state index contributed by atoms with van der Waals surface area (Å²) >= 11 is 0. The van der Waals surface area contributed by atoms with Gasteiger partial charge in [0.1, 0.15) is 0 Å². The maximum Gasteiger partial charge on any atom is 0.344 e. The first-order valence-corrected chi connectivity index (χ1v) is 9.91. The van der Waals surface area contributed by atoms with Crippen molar-refractivity contribution in [1.82, 2.24) is 0 Å². The molecule has 0 aliphatic rings. The first-order chi connectivity index (χ1) is 12.4. The number of hydrogen-bond acceptors (Lipinski definition) is 7. The second-order valence-corrected chi connectivity index (χ2v) is 6.70. The summed E-state index contributed by atoms with van der Waals surface area (Å²) in [6.45, 7) is 3.42. The van der Waals surface area contributed by atoms with Gasteiger partial charge in [-0.15, -0.1) is 0 Å². The third-order valence-electron chi connectivity index (χ3n) is 4.15. The molecule has 0 fully saturated rings. The van der Waals surface area contributed by atoms with Crippen LogP contribution in [0.25, 0.3) is 0 Å². The molecule has 0 aromatic rings. The topological polar surface area (TPSA) is 119 Å². The van der Waals surface area contributed by atoms with Crippen LogP contribution in [0, 0.1) is 0 Å². The predicted molar refractivity (Wildman–Crippen MR) is 98.9 cm³/mol. The first-order valence-electron chi connectivity index (χ1n) is 9.91. The van der Waals surface area contributed by atoms with E-state index in [4.69, 9.17) is 20.3 Å². The number of esters is 2. The van der Waals surface area contributed by atoms with E-state index in [-0.39, 0.29) is 12.8 Å². The smallest absolute Gasteiger partial charge is 0.344 e. The van der Waals surface area contributed by atoms with Gasteiger partial charge in [0.2, 0.25) is 0 Å². The van der Waals surface area contributed by atoms with Gasteiger partial charge in [-0.2, -0.15) is 0 Å². The average Bonchev–Trinajstić information content (AvgIpc) is 2.60. The fourth-order valence-corrected chi connectivity index (χ4v) is 2.49. The van der Waals surface area contributed by atoms with Crippen LogP contribution >= 0.6 is 0 Å². The van der Waals surface area contributed by atoms with Crippen LogP contribution in [0.2, 0.25) is 0 Å². The molecule has 154 valence electrons. The quantitative estimate of drug-likeness (QED) is 0.215. The number of carbonyl (C=O) groups excluding carboxylic acids is 2. The van der Waals surface area contributed by atoms with Gasteiger partial charge < -0.3 is 19.7 Å². The Kier molecular flexibility index (Phi) is 14.3. The van der Waals surface area contributed by atoms with Crippen LogP contribution in [0.1, 0.15) is 90.9 Å². The third-order valence-corrected chi connectivity index (χ3v) is 4.15. The molecule has 0 aromatic heterocycles. The van der Waals surface area contributed by atoms with E-state index in [1.165, 1.54) is 0 Å². The lowest BCUT2D eigenvalue weighted by molar-refractivity contribution is -0.263. The lowest BCUT2D eigenvalue weighted by Crippen LogP contribution is -2.58. The van der Waals surface area contributed by atoms with Gasteiger partial charge in [-0.05, 0) is 12.8 Å². The highest BCUT2D eigenvalue weighted by Crippen LogP contribution is 2.17. The van der Waals surface area contributed by atoms with E-state index in [0.717, 1.165) is 51.4 Å². The Bertz CT molecular complexity index is 360. The Balaban J connectivity index is 4.40. The van der Waals surface area contributed by atoms with Gasteiger partial charge in [0.15, 0.2) is 6.10 Å². The molecule has 4 N–H and O–H groups in total. The Morgan fingerprint density at radius 3 is 1.58 bits per heavy atom. The maximum atomic E-state index is 11.9. The van der Waals surface area contributed by atoms with Gasteiger partial charge in [0.05, 0.1) is 6.61 Å². The zero-order valence-corrected chi connectivity index (χ0v) is 16.4. The predicted octanol–water partition coefficient (Wildman–Crippen LogP) is 2.76. The van der Waals surface area contributed by atoms with Crippen molar-refractivity contribution >= 4 is 11.9 Å². The van der Waals surface area contributed by atoms with Crippen LogP contribution < -0.4 is 5.73 Å². The molecule has 0 bridgehead atoms. The van der Waals surface area contributed by atoms with Crippen molar-refractivity contribution < 1.29 is 29.3 Å². The summed E-state index contributed by atoms with van der Waals surface area (Å²) in [5.41, 5.74) is 5.76. The van der Waals surface area contributed by atoms with E-state index in [9.17, 15) is 14.7 Å². The minimum atomic E-state index is -2.35. The average molecular weight is 376 g/mol. The molecule has 1 unspecified atom stereocenters. The number of aliphatic hydroxyl groups is 2. The number of hydrogen-bond donors (Lipinski definition) is 3. The largest absolute Gasteiger partial charge is 0.406 e. The Morgan fingerprint density at radius 2 is 1.23 bits per heavy atom. The Hall–Kier alpha value is -1.18. The molecule has 1 atom stereocenters. The van der Waals surface area contributed by atoms with Gasteiger partial charge in [0, 0.05) is 12.8 Å². The molecule has 0 rings (SSSR count). The summed E-state index contributed by atoms with van der Waals surface area (Å²) in [6.07, 6.45) is 8.07. The van der Waals surface area contributed by atoms with Crippen LogP contribution in [0.4, 0.5) is 0 Å². The van der Waals surface area contributed by atoms with Gasteiger partial charge in [0.25, 0.3) is 0 Å². The summed E-state index contributed by atoms with van der Waals surface area (Å²) in [5, 5.41) is 19.0. The maximum absolute atomic E-state index is 11.9. The molecule has 7 heteroatoms. The van der Waals surface area contributed by atoms with E-state index < -0.39 is 30.6 Å². The number of ether oxygens (including phenoxy) is 2. The minimum Gasteiger partial charge on any atom is -0.406 e. The Labute approximate surface area is 157 Å². The normalized spacial score (nSPS) is 12.7. The van der Waals surface area contributed by atoms with Gasteiger partial charge in [-0.1, -0.05) is 65.2 Å². The summed E-state index contributed by atoms with van der Waals surface area (Å²) in [7, 11) is 0. The van der Waals surface area contributed by atoms with Gasteiger partial charge in [-0.3, -0.25) is 15.3 Å². The van der Waals surface area contributed by atoms with E-state index in [2.05, 4.69) is 13.8 Å². The second-order valence-electron chi connectivity index (χ2n) is 6.70. The summed E-state index contributed by atoms with van der Waals surface area (Å²) in [6, 6.07) is 0. The molecule has 0 saturated heterocycles. The highest BCUT2D eigenvalue weighted by molar-refractivity contribution is 5.72. The van der Waals surface area contributed by atoms with Crippen molar-refractivity contribution in [3.05, 3.63) is 0 Å². The van der Waals surface area contributed by atoms with Crippen molar-refractivity contribution in [3.63, 3.8) is 0 Å². The fraction of sp³-hybridized carbons (Fsp3) is 0.895.